The number of hydrogen-bond donors (Lipinski definition) is 0. The largest absolute Gasteiger partial charge is 0.417 e. The summed E-state index contributed by atoms with van der Waals surface area (Å²) in [6, 6.07) is 9.64. The van der Waals surface area contributed by atoms with Crippen LogP contribution in [0.3, 0.4) is 0 Å². The van der Waals surface area contributed by atoms with Gasteiger partial charge in [-0.2, -0.15) is 13.2 Å². The summed E-state index contributed by atoms with van der Waals surface area (Å²) in [6.07, 6.45) is -1.99. The summed E-state index contributed by atoms with van der Waals surface area (Å²) in [5, 5.41) is 7.23. The monoisotopic (exact) mass is 530 g/mol. The van der Waals surface area contributed by atoms with E-state index in [9.17, 15) is 22.8 Å². The number of likely N-dealkylation sites (tertiary alicyclic amines) is 1. The van der Waals surface area contributed by atoms with Crippen LogP contribution in [0.1, 0.15) is 58.7 Å². The van der Waals surface area contributed by atoms with Crippen LogP contribution in [-0.2, 0) is 22.4 Å². The van der Waals surface area contributed by atoms with E-state index in [4.69, 9.17) is 9.82 Å². The lowest BCUT2D eigenvalue weighted by Crippen LogP contribution is -2.41. The Kier molecular flexibility index (Phi) is 6.89. The molecule has 0 bridgehead atoms. The zero-order valence-electron chi connectivity index (χ0n) is 20.1. The fourth-order valence-corrected chi connectivity index (χ4v) is 5.70. The van der Waals surface area contributed by atoms with E-state index in [1.807, 2.05) is 36.6 Å². The Hall–Kier alpha value is -3.47. The molecule has 2 aliphatic heterocycles. The van der Waals surface area contributed by atoms with Crippen LogP contribution < -0.4 is 5.56 Å². The quantitative estimate of drug-likeness (QED) is 0.470. The van der Waals surface area contributed by atoms with Crippen LogP contribution in [0.25, 0.3) is 0 Å². The van der Waals surface area contributed by atoms with Crippen molar-refractivity contribution >= 4 is 23.0 Å². The minimum Gasteiger partial charge on any atom is -0.387 e. The predicted octanol–water partition coefficient (Wildman–Crippen LogP) is 4.90. The van der Waals surface area contributed by atoms with Crippen molar-refractivity contribution in [2.24, 2.45) is 5.16 Å². The summed E-state index contributed by atoms with van der Waals surface area (Å²) in [5.74, 6) is -0.200. The first-order chi connectivity index (χ1) is 17.7. The Labute approximate surface area is 215 Å². The zero-order chi connectivity index (χ0) is 26.2. The molecule has 0 saturated carbocycles. The van der Waals surface area contributed by atoms with Crippen molar-refractivity contribution in [1.82, 2.24) is 14.5 Å². The van der Waals surface area contributed by atoms with Gasteiger partial charge in [-0.05, 0) is 37.0 Å². The van der Waals surface area contributed by atoms with Crippen molar-refractivity contribution in [3.8, 4) is 0 Å². The number of amides is 1. The number of benzene rings is 1. The van der Waals surface area contributed by atoms with Gasteiger partial charge in [0.25, 0.3) is 5.56 Å². The SMILES string of the molecule is Cc1ccccc1C1CC(c2csc(C3CCN(C(=O)Cn4cc(C(F)(F)F)ccc4=O)CC3)n2)=NO1. The smallest absolute Gasteiger partial charge is 0.387 e. The molecule has 2 aromatic heterocycles. The van der Waals surface area contributed by atoms with Gasteiger partial charge in [0.15, 0.2) is 6.10 Å². The Balaban J connectivity index is 1.17. The molecule has 1 unspecified atom stereocenters. The van der Waals surface area contributed by atoms with Crippen molar-refractivity contribution < 1.29 is 22.8 Å². The minimum atomic E-state index is -4.58. The number of piperidine rings is 1. The van der Waals surface area contributed by atoms with Gasteiger partial charge in [-0.15, -0.1) is 11.3 Å². The molecule has 1 fully saturated rings. The number of thiazole rings is 1. The first kappa shape index (κ1) is 25.2. The number of nitrogens with zero attached hydrogens (tertiary/aromatic N) is 4. The topological polar surface area (TPSA) is 76.8 Å². The van der Waals surface area contributed by atoms with E-state index in [1.165, 1.54) is 0 Å². The Morgan fingerprint density at radius 3 is 2.65 bits per heavy atom. The van der Waals surface area contributed by atoms with Gasteiger partial charge < -0.3 is 14.3 Å². The molecule has 1 atom stereocenters. The van der Waals surface area contributed by atoms with Gasteiger partial charge in [0, 0.05) is 43.1 Å². The van der Waals surface area contributed by atoms with E-state index < -0.39 is 23.8 Å². The van der Waals surface area contributed by atoms with E-state index in [-0.39, 0.29) is 17.9 Å². The Morgan fingerprint density at radius 1 is 1.16 bits per heavy atom. The maximum atomic E-state index is 13.0. The number of carbonyl (C=O) groups is 1. The molecule has 7 nitrogen and oxygen atoms in total. The van der Waals surface area contributed by atoms with Crippen LogP contribution in [0.5, 0.6) is 0 Å². The Morgan fingerprint density at radius 2 is 1.92 bits per heavy atom. The van der Waals surface area contributed by atoms with Gasteiger partial charge in [0.1, 0.15) is 12.3 Å². The number of hydrogen-bond acceptors (Lipinski definition) is 6. The van der Waals surface area contributed by atoms with E-state index >= 15 is 0 Å². The van der Waals surface area contributed by atoms with Crippen molar-refractivity contribution in [2.45, 2.75) is 50.9 Å². The average molecular weight is 531 g/mol. The minimum absolute atomic E-state index is 0.125. The fraction of sp³-hybridized carbons (Fsp3) is 0.385. The van der Waals surface area contributed by atoms with E-state index in [0.29, 0.717) is 38.5 Å². The van der Waals surface area contributed by atoms with Crippen molar-refractivity contribution in [1.29, 1.82) is 0 Å². The second-order valence-electron chi connectivity index (χ2n) is 9.30. The summed E-state index contributed by atoms with van der Waals surface area (Å²) in [7, 11) is 0. The van der Waals surface area contributed by atoms with E-state index in [2.05, 4.69) is 5.16 Å². The summed E-state index contributed by atoms with van der Waals surface area (Å²) < 4.78 is 39.8. The molecule has 0 N–H and O–H groups in total. The van der Waals surface area contributed by atoms with Gasteiger partial charge in [0.05, 0.1) is 16.3 Å². The molecule has 0 aliphatic carbocycles. The molecule has 5 rings (SSSR count). The lowest BCUT2D eigenvalue weighted by molar-refractivity contribution is -0.139. The highest BCUT2D eigenvalue weighted by Gasteiger charge is 2.32. The molecule has 0 radical (unpaired) electrons. The normalized spacial score (nSPS) is 18.5. The van der Waals surface area contributed by atoms with Crippen LogP contribution in [-0.4, -0.2) is 39.2 Å². The Bertz CT molecular complexity index is 1390. The molecule has 2 aliphatic rings. The standard InChI is InChI=1S/C26H25F3N4O3S/c1-16-4-2-3-5-19(16)22-12-20(31-36-22)21-15-37-25(30-21)17-8-10-32(11-9-17)24(35)14-33-13-18(26(27,28)29)6-7-23(33)34/h2-7,13,15,17,22H,8-12,14H2,1H3. The lowest BCUT2D eigenvalue weighted by Gasteiger charge is -2.31. The molecule has 194 valence electrons. The highest BCUT2D eigenvalue weighted by atomic mass is 32.1. The third-order valence-electron chi connectivity index (χ3n) is 6.84. The number of oxime groups is 1. The highest BCUT2D eigenvalue weighted by molar-refractivity contribution is 7.10. The van der Waals surface area contributed by atoms with Crippen LogP contribution in [0.2, 0.25) is 0 Å². The summed E-state index contributed by atoms with van der Waals surface area (Å²) in [5.41, 5.74) is 2.28. The second kappa shape index (κ2) is 10.1. The van der Waals surface area contributed by atoms with Crippen LogP contribution >= 0.6 is 11.3 Å². The van der Waals surface area contributed by atoms with Crippen LogP contribution in [0, 0.1) is 6.92 Å². The molecule has 4 heterocycles. The molecule has 3 aromatic rings. The van der Waals surface area contributed by atoms with Crippen molar-refractivity contribution in [3.05, 3.63) is 85.7 Å². The third kappa shape index (κ3) is 5.46. The highest BCUT2D eigenvalue weighted by Crippen LogP contribution is 2.34. The lowest BCUT2D eigenvalue weighted by atomic mass is 9.97. The second-order valence-corrected chi connectivity index (χ2v) is 10.2. The van der Waals surface area contributed by atoms with Gasteiger partial charge in [0.2, 0.25) is 5.91 Å². The predicted molar refractivity (Wildman–Crippen MR) is 133 cm³/mol. The molecule has 1 amide bonds. The molecular formula is C26H25F3N4O3S. The number of aromatic nitrogens is 2. The third-order valence-corrected chi connectivity index (χ3v) is 7.84. The van der Waals surface area contributed by atoms with Crippen molar-refractivity contribution in [3.63, 3.8) is 0 Å². The molecule has 1 saturated heterocycles. The van der Waals surface area contributed by atoms with Gasteiger partial charge >= 0.3 is 6.18 Å². The first-order valence-corrected chi connectivity index (χ1v) is 12.9. The number of alkyl halides is 3. The van der Waals surface area contributed by atoms with Crippen LogP contribution in [0.4, 0.5) is 13.2 Å². The summed E-state index contributed by atoms with van der Waals surface area (Å²) in [6.45, 7) is 2.53. The van der Waals surface area contributed by atoms with E-state index in [1.54, 1.807) is 16.2 Å². The average Bonchev–Trinajstić information content (AvgIpc) is 3.55. The van der Waals surface area contributed by atoms with Crippen LogP contribution in [0.15, 0.2) is 57.9 Å². The van der Waals surface area contributed by atoms with Gasteiger partial charge in [-0.3, -0.25) is 9.59 Å². The molecule has 37 heavy (non-hydrogen) atoms. The molecular weight excluding hydrogens is 505 g/mol. The fourth-order valence-electron chi connectivity index (χ4n) is 4.70. The summed E-state index contributed by atoms with van der Waals surface area (Å²) >= 11 is 1.56. The summed E-state index contributed by atoms with van der Waals surface area (Å²) in [4.78, 5) is 36.8. The molecule has 1 aromatic carbocycles. The van der Waals surface area contributed by atoms with Gasteiger partial charge in [-0.1, -0.05) is 29.4 Å². The molecule has 11 heteroatoms. The number of rotatable bonds is 5. The number of halogens is 3. The maximum absolute atomic E-state index is 13.0. The number of aryl methyl sites for hydroxylation is 1. The molecule has 0 spiro atoms. The zero-order valence-corrected chi connectivity index (χ0v) is 20.9. The van der Waals surface area contributed by atoms with Crippen molar-refractivity contribution in [2.75, 3.05) is 13.1 Å². The number of pyridine rings is 1. The van der Waals surface area contributed by atoms with E-state index in [0.717, 1.165) is 44.2 Å². The van der Waals surface area contributed by atoms with Gasteiger partial charge in [-0.25, -0.2) is 4.98 Å². The first-order valence-electron chi connectivity index (χ1n) is 12.0. The number of carbonyl (C=O) groups excluding carboxylic acids is 1. The maximum Gasteiger partial charge on any atom is 0.417 e.